The number of likely N-dealkylation sites (tertiary alicyclic amines) is 1. The molecule has 1 unspecified atom stereocenters. The molecule has 0 saturated carbocycles. The Balaban J connectivity index is 1.52. The maximum Gasteiger partial charge on any atom is 0.254 e. The summed E-state index contributed by atoms with van der Waals surface area (Å²) >= 11 is 0. The van der Waals surface area contributed by atoms with Crippen LogP contribution >= 0.6 is 0 Å². The van der Waals surface area contributed by atoms with E-state index in [-0.39, 0.29) is 18.4 Å². The number of hydrogen-bond donors (Lipinski definition) is 1. The minimum atomic E-state index is -0.296. The normalized spacial score (nSPS) is 15.6. The maximum atomic E-state index is 13.8. The first-order valence-electron chi connectivity index (χ1n) is 12.5. The molecule has 2 aromatic heterocycles. The van der Waals surface area contributed by atoms with Crippen molar-refractivity contribution in [3.05, 3.63) is 77.6 Å². The summed E-state index contributed by atoms with van der Waals surface area (Å²) in [5, 5.41) is 2.92. The maximum absolute atomic E-state index is 13.8. The van der Waals surface area contributed by atoms with E-state index in [2.05, 4.69) is 35.4 Å². The largest absolute Gasteiger partial charge is 0.375 e. The third-order valence-corrected chi connectivity index (χ3v) is 7.02. The number of hydrogen-bond acceptors (Lipinski definition) is 5. The van der Waals surface area contributed by atoms with Gasteiger partial charge in [0, 0.05) is 56.7 Å². The van der Waals surface area contributed by atoms with Crippen LogP contribution in [0.15, 0.2) is 60.9 Å². The Bertz CT molecular complexity index is 1450. The summed E-state index contributed by atoms with van der Waals surface area (Å²) in [4.78, 5) is 37.2. The summed E-state index contributed by atoms with van der Waals surface area (Å²) < 4.78 is 6.93. The van der Waals surface area contributed by atoms with E-state index < -0.39 is 0 Å². The Morgan fingerprint density at radius 1 is 1.16 bits per heavy atom. The number of anilines is 1. The summed E-state index contributed by atoms with van der Waals surface area (Å²) in [6, 6.07) is 15.8. The van der Waals surface area contributed by atoms with Crippen LogP contribution in [0.4, 0.5) is 5.69 Å². The van der Waals surface area contributed by atoms with Crippen LogP contribution in [-0.2, 0) is 16.6 Å². The number of fused-ring (bicyclic) bond motifs is 1. The number of nitrogens with one attached hydrogen (secondary N) is 1. The van der Waals surface area contributed by atoms with Gasteiger partial charge in [0.2, 0.25) is 5.91 Å². The lowest BCUT2D eigenvalue weighted by molar-refractivity contribution is -0.119. The zero-order valence-corrected chi connectivity index (χ0v) is 21.4. The predicted octanol–water partition coefficient (Wildman–Crippen LogP) is 4.55. The zero-order valence-electron chi connectivity index (χ0n) is 21.4. The highest BCUT2D eigenvalue weighted by atomic mass is 16.5. The summed E-state index contributed by atoms with van der Waals surface area (Å²) in [6.45, 7) is 3.40. The highest BCUT2D eigenvalue weighted by Gasteiger charge is 2.27. The van der Waals surface area contributed by atoms with Crippen molar-refractivity contribution in [3.8, 4) is 11.4 Å². The Morgan fingerprint density at radius 3 is 2.76 bits per heavy atom. The van der Waals surface area contributed by atoms with Gasteiger partial charge in [0.15, 0.2) is 0 Å². The number of nitrogens with zero attached hydrogens (tertiary/aromatic N) is 4. The second kappa shape index (κ2) is 10.5. The van der Waals surface area contributed by atoms with Gasteiger partial charge < -0.3 is 19.5 Å². The molecule has 3 heterocycles. The lowest BCUT2D eigenvalue weighted by atomic mass is 9.88. The number of aryl methyl sites for hydroxylation is 2. The van der Waals surface area contributed by atoms with Crippen LogP contribution in [0.25, 0.3) is 22.4 Å². The monoisotopic (exact) mass is 497 g/mol. The first-order valence-corrected chi connectivity index (χ1v) is 12.5. The van der Waals surface area contributed by atoms with E-state index in [0.717, 1.165) is 23.9 Å². The number of methoxy groups -OCH3 is 1. The number of piperidine rings is 1. The van der Waals surface area contributed by atoms with E-state index >= 15 is 0 Å². The van der Waals surface area contributed by atoms with Crippen molar-refractivity contribution in [1.82, 2.24) is 19.4 Å². The second-order valence-electron chi connectivity index (χ2n) is 9.56. The molecule has 0 spiro atoms. The minimum absolute atomic E-state index is 0.0593. The van der Waals surface area contributed by atoms with Crippen molar-refractivity contribution in [2.45, 2.75) is 25.7 Å². The topological polar surface area (TPSA) is 89.3 Å². The van der Waals surface area contributed by atoms with Crippen LogP contribution in [0.1, 0.15) is 40.2 Å². The number of rotatable bonds is 6. The first-order chi connectivity index (χ1) is 18.0. The molecule has 1 atom stereocenters. The van der Waals surface area contributed by atoms with Crippen LogP contribution in [-0.4, -0.2) is 58.1 Å². The number of pyridine rings is 1. The SMILES string of the molecule is COCC(=O)Nc1cc(C(=O)N2CCCC(c3ccccc3C)C2)cc2nc(-c3cccnc3)n(C)c12. The van der Waals surface area contributed by atoms with Crippen LogP contribution in [0.5, 0.6) is 0 Å². The predicted molar refractivity (Wildman–Crippen MR) is 144 cm³/mol. The van der Waals surface area contributed by atoms with Crippen LogP contribution in [0.3, 0.4) is 0 Å². The quantitative estimate of drug-likeness (QED) is 0.422. The van der Waals surface area contributed by atoms with E-state index in [1.54, 1.807) is 18.5 Å². The van der Waals surface area contributed by atoms with Gasteiger partial charge in [0.05, 0.1) is 16.7 Å². The Hall–Kier alpha value is -4.04. The van der Waals surface area contributed by atoms with Gasteiger partial charge in [-0.1, -0.05) is 24.3 Å². The molecule has 4 aromatic rings. The number of amides is 2. The van der Waals surface area contributed by atoms with E-state index in [0.29, 0.717) is 41.6 Å². The lowest BCUT2D eigenvalue weighted by Gasteiger charge is -2.34. The molecule has 5 rings (SSSR count). The lowest BCUT2D eigenvalue weighted by Crippen LogP contribution is -2.39. The fraction of sp³-hybridized carbons (Fsp3) is 0.310. The van der Waals surface area contributed by atoms with Crippen molar-refractivity contribution in [3.63, 3.8) is 0 Å². The minimum Gasteiger partial charge on any atom is -0.375 e. The molecular formula is C29H31N5O3. The van der Waals surface area contributed by atoms with Gasteiger partial charge in [-0.2, -0.15) is 0 Å². The number of ether oxygens (including phenoxy) is 1. The zero-order chi connectivity index (χ0) is 25.9. The number of imidazole rings is 1. The average molecular weight is 498 g/mol. The molecule has 0 radical (unpaired) electrons. The van der Waals surface area contributed by atoms with Crippen LogP contribution < -0.4 is 5.32 Å². The third-order valence-electron chi connectivity index (χ3n) is 7.02. The summed E-state index contributed by atoms with van der Waals surface area (Å²) in [5.74, 6) is 0.647. The van der Waals surface area contributed by atoms with Crippen molar-refractivity contribution >= 4 is 28.5 Å². The van der Waals surface area contributed by atoms with Crippen molar-refractivity contribution < 1.29 is 14.3 Å². The average Bonchev–Trinajstić information content (AvgIpc) is 3.25. The molecule has 1 N–H and O–H groups in total. The van der Waals surface area contributed by atoms with E-state index in [9.17, 15) is 9.59 Å². The van der Waals surface area contributed by atoms with Gasteiger partial charge in [0.25, 0.3) is 5.91 Å². The third kappa shape index (κ3) is 4.97. The molecule has 2 amide bonds. The standard InChI is InChI=1S/C29H31N5O3/c1-19-8-4-5-11-23(19)21-10-7-13-34(17-21)29(36)22-14-24(31-26(35)18-37-3)27-25(15-22)32-28(33(27)2)20-9-6-12-30-16-20/h4-6,8-9,11-12,14-16,21H,7,10,13,17-18H2,1-3H3,(H,31,35). The molecule has 0 bridgehead atoms. The molecule has 1 fully saturated rings. The van der Waals surface area contributed by atoms with Gasteiger partial charge in [-0.3, -0.25) is 14.6 Å². The van der Waals surface area contributed by atoms with Crippen molar-refractivity contribution in [2.75, 3.05) is 32.1 Å². The molecular weight excluding hydrogens is 466 g/mol. The van der Waals surface area contributed by atoms with Gasteiger partial charge in [-0.05, 0) is 55.2 Å². The number of aromatic nitrogens is 3. The Morgan fingerprint density at radius 2 is 2.00 bits per heavy atom. The molecule has 1 aliphatic heterocycles. The van der Waals surface area contributed by atoms with Gasteiger partial charge >= 0.3 is 0 Å². The molecule has 0 aliphatic carbocycles. The van der Waals surface area contributed by atoms with Crippen molar-refractivity contribution in [2.24, 2.45) is 7.05 Å². The highest BCUT2D eigenvalue weighted by molar-refractivity contribution is 6.06. The number of benzene rings is 2. The smallest absolute Gasteiger partial charge is 0.254 e. The Kier molecular flexibility index (Phi) is 7.01. The summed E-state index contributed by atoms with van der Waals surface area (Å²) in [7, 11) is 3.36. The molecule has 37 heavy (non-hydrogen) atoms. The molecule has 2 aromatic carbocycles. The fourth-order valence-electron chi connectivity index (χ4n) is 5.28. The van der Waals surface area contributed by atoms with E-state index in [4.69, 9.17) is 9.72 Å². The van der Waals surface area contributed by atoms with Gasteiger partial charge in [-0.15, -0.1) is 0 Å². The highest BCUT2D eigenvalue weighted by Crippen LogP contribution is 2.33. The van der Waals surface area contributed by atoms with Crippen LogP contribution in [0, 0.1) is 6.92 Å². The summed E-state index contributed by atoms with van der Waals surface area (Å²) in [5.41, 5.74) is 5.79. The fourth-order valence-corrected chi connectivity index (χ4v) is 5.28. The van der Waals surface area contributed by atoms with Gasteiger partial charge in [0.1, 0.15) is 12.4 Å². The summed E-state index contributed by atoms with van der Waals surface area (Å²) in [6.07, 6.45) is 5.46. The molecule has 8 heteroatoms. The molecule has 1 saturated heterocycles. The number of carbonyl (C=O) groups excluding carboxylic acids is 2. The first kappa shape index (κ1) is 24.6. The van der Waals surface area contributed by atoms with E-state index in [1.165, 1.54) is 18.2 Å². The van der Waals surface area contributed by atoms with Crippen molar-refractivity contribution in [1.29, 1.82) is 0 Å². The second-order valence-corrected chi connectivity index (χ2v) is 9.56. The molecule has 8 nitrogen and oxygen atoms in total. The Labute approximate surface area is 216 Å². The number of carbonyl (C=O) groups is 2. The van der Waals surface area contributed by atoms with Gasteiger partial charge in [-0.25, -0.2) is 4.98 Å². The van der Waals surface area contributed by atoms with E-state index in [1.807, 2.05) is 40.8 Å². The van der Waals surface area contributed by atoms with Crippen LogP contribution in [0.2, 0.25) is 0 Å². The molecule has 1 aliphatic rings. The molecule has 190 valence electrons.